The van der Waals surface area contributed by atoms with E-state index in [-0.39, 0.29) is 41.8 Å². The molecule has 6 nitrogen and oxygen atoms in total. The molecule has 0 bridgehead atoms. The molecule has 22 heavy (non-hydrogen) atoms. The molecule has 0 atom stereocenters. The van der Waals surface area contributed by atoms with Crippen LogP contribution in [0.25, 0.3) is 0 Å². The Labute approximate surface area is 131 Å². The van der Waals surface area contributed by atoms with Crippen LogP contribution in [-0.2, 0) is 0 Å². The second-order valence-corrected chi connectivity index (χ2v) is 6.17. The van der Waals surface area contributed by atoms with Crippen LogP contribution in [0.15, 0.2) is 0 Å². The molecule has 0 unspecified atom stereocenters. The maximum atomic E-state index is 12.5. The number of ketones is 2. The van der Waals surface area contributed by atoms with Crippen molar-refractivity contribution in [3.63, 3.8) is 0 Å². The summed E-state index contributed by atoms with van der Waals surface area (Å²) >= 11 is 1.51. The summed E-state index contributed by atoms with van der Waals surface area (Å²) in [7, 11) is 0. The number of thiophene rings is 2. The maximum absolute atomic E-state index is 12.5. The van der Waals surface area contributed by atoms with Crippen LogP contribution < -0.4 is 0 Å². The van der Waals surface area contributed by atoms with Crippen molar-refractivity contribution in [3.05, 3.63) is 41.8 Å². The van der Waals surface area contributed by atoms with E-state index < -0.39 is 11.6 Å². The van der Waals surface area contributed by atoms with Gasteiger partial charge in [-0.25, -0.2) is 0 Å². The van der Waals surface area contributed by atoms with E-state index in [9.17, 15) is 9.59 Å². The van der Waals surface area contributed by atoms with E-state index in [4.69, 9.17) is 21.0 Å². The van der Waals surface area contributed by atoms with Crippen molar-refractivity contribution in [2.24, 2.45) is 0 Å². The van der Waals surface area contributed by atoms with Crippen LogP contribution in [0.2, 0.25) is 0 Å². The first-order valence-corrected chi connectivity index (χ1v) is 7.25. The third-order valence-electron chi connectivity index (χ3n) is 3.11. The fourth-order valence-electron chi connectivity index (χ4n) is 2.21. The lowest BCUT2D eigenvalue weighted by atomic mass is 9.90. The zero-order valence-corrected chi connectivity index (χ0v) is 12.1. The molecule has 3 rings (SSSR count). The summed E-state index contributed by atoms with van der Waals surface area (Å²) in [5.41, 5.74) is -0.456. The van der Waals surface area contributed by atoms with Crippen molar-refractivity contribution < 1.29 is 9.59 Å². The van der Waals surface area contributed by atoms with Gasteiger partial charge in [-0.05, 0) is 0 Å². The van der Waals surface area contributed by atoms with Crippen molar-refractivity contribution in [2.45, 2.75) is 0 Å². The molecule has 0 fully saturated rings. The van der Waals surface area contributed by atoms with Gasteiger partial charge >= 0.3 is 0 Å². The minimum Gasteiger partial charge on any atom is -0.288 e. The van der Waals surface area contributed by atoms with Gasteiger partial charge in [0.15, 0.2) is 0 Å². The van der Waals surface area contributed by atoms with E-state index in [0.717, 1.165) is 22.7 Å². The van der Waals surface area contributed by atoms with E-state index in [1.165, 1.54) is 0 Å². The SMILES string of the molecule is N#Cc1sc2c(c1C#N)C(=O)c1sc(C#N)c(C#N)c1C2=O. The maximum Gasteiger partial charge on any atom is 0.206 e. The number of carbonyl (C=O) groups excluding carboxylic acids is 2. The fraction of sp³-hybridized carbons (Fsp3) is 0. The van der Waals surface area contributed by atoms with Crippen LogP contribution in [0.4, 0.5) is 0 Å². The molecule has 2 aromatic heterocycles. The molecule has 2 aromatic rings. The van der Waals surface area contributed by atoms with Crippen molar-refractivity contribution in [1.29, 1.82) is 21.0 Å². The lowest BCUT2D eigenvalue weighted by Gasteiger charge is -2.09. The highest BCUT2D eigenvalue weighted by atomic mass is 32.1. The third-order valence-corrected chi connectivity index (χ3v) is 5.30. The monoisotopic (exact) mass is 320 g/mol. The fourth-order valence-corrected chi connectivity index (χ4v) is 4.20. The first-order valence-electron chi connectivity index (χ1n) is 5.62. The third kappa shape index (κ3) is 1.48. The van der Waals surface area contributed by atoms with E-state index in [0.29, 0.717) is 0 Å². The summed E-state index contributed by atoms with van der Waals surface area (Å²) in [5.74, 6) is -1.19. The molecule has 0 spiro atoms. The quantitative estimate of drug-likeness (QED) is 0.623. The lowest BCUT2D eigenvalue weighted by molar-refractivity contribution is 0.0985. The summed E-state index contributed by atoms with van der Waals surface area (Å²) in [4.78, 5) is 25.0. The van der Waals surface area contributed by atoms with Crippen LogP contribution >= 0.6 is 22.7 Å². The number of hydrogen-bond acceptors (Lipinski definition) is 8. The molecule has 0 aliphatic heterocycles. The number of hydrogen-bond donors (Lipinski definition) is 0. The van der Waals surface area contributed by atoms with Crippen LogP contribution in [0.5, 0.6) is 0 Å². The largest absolute Gasteiger partial charge is 0.288 e. The van der Waals surface area contributed by atoms with Crippen LogP contribution in [0.1, 0.15) is 51.4 Å². The topological polar surface area (TPSA) is 129 Å². The molecule has 1 aliphatic rings. The highest BCUT2D eigenvalue weighted by molar-refractivity contribution is 7.18. The molecule has 8 heteroatoms. The van der Waals surface area contributed by atoms with Gasteiger partial charge < -0.3 is 0 Å². The van der Waals surface area contributed by atoms with Crippen LogP contribution in [0.3, 0.4) is 0 Å². The Kier molecular flexibility index (Phi) is 2.87. The van der Waals surface area contributed by atoms with Gasteiger partial charge in [-0.1, -0.05) is 0 Å². The Morgan fingerprint density at radius 3 is 1.27 bits per heavy atom. The average Bonchev–Trinajstić information content (AvgIpc) is 3.10. The van der Waals surface area contributed by atoms with Crippen LogP contribution in [0, 0.1) is 45.3 Å². The number of nitrogens with zero attached hydrogens (tertiary/aromatic N) is 4. The highest BCUT2D eigenvalue weighted by Gasteiger charge is 2.40. The van der Waals surface area contributed by atoms with Gasteiger partial charge in [-0.2, -0.15) is 21.0 Å². The highest BCUT2D eigenvalue weighted by Crippen LogP contribution is 2.41. The molecular formula is C14N4O2S2. The molecular weight excluding hydrogens is 320 g/mol. The number of rotatable bonds is 0. The van der Waals surface area contributed by atoms with Crippen LogP contribution in [-0.4, -0.2) is 11.6 Å². The second kappa shape index (κ2) is 4.62. The summed E-state index contributed by atoms with van der Waals surface area (Å²) in [6, 6.07) is 7.14. The zero-order chi connectivity index (χ0) is 16.0. The zero-order valence-electron chi connectivity index (χ0n) is 10.4. The van der Waals surface area contributed by atoms with Crippen molar-refractivity contribution in [3.8, 4) is 24.3 Å². The van der Waals surface area contributed by atoms with Crippen molar-refractivity contribution in [1.82, 2.24) is 0 Å². The molecule has 0 amide bonds. The van der Waals surface area contributed by atoms with Gasteiger partial charge in [0.25, 0.3) is 0 Å². The standard InChI is InChI=1S/C14N4O2S2/c15-1-5-7(3-17)21-13-9(5)11(19)14-10(12(13)20)6(2-16)8(4-18)22-14. The smallest absolute Gasteiger partial charge is 0.206 e. The number of carbonyl (C=O) groups is 2. The summed E-state index contributed by atoms with van der Waals surface area (Å²) in [6.07, 6.45) is 0. The Morgan fingerprint density at radius 1 is 0.636 bits per heavy atom. The summed E-state index contributed by atoms with van der Waals surface area (Å²) < 4.78 is 0. The lowest BCUT2D eigenvalue weighted by Crippen LogP contribution is -2.18. The molecule has 1 aliphatic carbocycles. The van der Waals surface area contributed by atoms with E-state index in [2.05, 4.69) is 0 Å². The molecule has 0 saturated carbocycles. The minimum atomic E-state index is -0.595. The average molecular weight is 320 g/mol. The first kappa shape index (κ1) is 13.7. The predicted octanol–water partition coefficient (Wildman–Crippen LogP) is 2.07. The van der Waals surface area contributed by atoms with Gasteiger partial charge in [0, 0.05) is 0 Å². The molecule has 2 heterocycles. The summed E-state index contributed by atoms with van der Waals surface area (Å²) in [5, 5.41) is 36.3. The molecule has 0 radical (unpaired) electrons. The van der Waals surface area contributed by atoms with E-state index in [1.807, 2.05) is 0 Å². The van der Waals surface area contributed by atoms with Gasteiger partial charge in [0.2, 0.25) is 11.6 Å². The second-order valence-electron chi connectivity index (χ2n) is 4.13. The Hall–Kier alpha value is -3.30. The van der Waals surface area contributed by atoms with E-state index in [1.54, 1.807) is 24.3 Å². The number of fused-ring (bicyclic) bond motifs is 2. The van der Waals surface area contributed by atoms with Gasteiger partial charge in [0.1, 0.15) is 34.0 Å². The molecule has 0 N–H and O–H groups in total. The molecule has 0 aromatic carbocycles. The Balaban J connectivity index is 2.42. The molecule has 100 valence electrons. The predicted molar refractivity (Wildman–Crippen MR) is 74.4 cm³/mol. The van der Waals surface area contributed by atoms with Gasteiger partial charge in [-0.15, -0.1) is 22.7 Å². The van der Waals surface area contributed by atoms with E-state index >= 15 is 0 Å². The molecule has 0 saturated heterocycles. The normalized spacial score (nSPS) is 11.6. The number of nitriles is 4. The minimum absolute atomic E-state index is 0.0108. The van der Waals surface area contributed by atoms with Gasteiger partial charge in [0.05, 0.1) is 32.0 Å². The van der Waals surface area contributed by atoms with Crippen molar-refractivity contribution in [2.75, 3.05) is 0 Å². The summed E-state index contributed by atoms with van der Waals surface area (Å²) in [6.45, 7) is 0. The first-order chi connectivity index (χ1) is 10.6. The Bertz CT molecular complexity index is 975. The Morgan fingerprint density at radius 2 is 1.00 bits per heavy atom. The van der Waals surface area contributed by atoms with Gasteiger partial charge in [-0.3, -0.25) is 9.59 Å². The van der Waals surface area contributed by atoms with Crippen molar-refractivity contribution >= 4 is 34.2 Å².